The number of allylic oxidation sites excluding steroid dienone is 2. The molecule has 0 radical (unpaired) electrons. The summed E-state index contributed by atoms with van der Waals surface area (Å²) >= 11 is 0. The topological polar surface area (TPSA) is 18.5 Å². The Morgan fingerprint density at radius 2 is 1.21 bits per heavy atom. The van der Waals surface area contributed by atoms with E-state index in [1.165, 1.54) is 25.7 Å². The van der Waals surface area contributed by atoms with Crippen LogP contribution in [0.15, 0.2) is 24.3 Å². The highest BCUT2D eigenvalue weighted by Gasteiger charge is 2.38. The second kappa shape index (κ2) is 11.1. The zero-order valence-corrected chi connectivity index (χ0v) is 14.7. The van der Waals surface area contributed by atoms with Gasteiger partial charge in [-0.1, -0.05) is 50.0 Å². The number of terminal acetylenes is 2. The minimum atomic E-state index is 0.195. The molecular weight excluding hydrogens is 296 g/mol. The first-order valence-electron chi connectivity index (χ1n) is 9.25. The third-order valence-electron chi connectivity index (χ3n) is 5.17. The van der Waals surface area contributed by atoms with Gasteiger partial charge in [0.25, 0.3) is 0 Å². The molecule has 0 amide bonds. The number of fused-ring (bicyclic) bond motifs is 1. The first kappa shape index (κ1) is 18.9. The van der Waals surface area contributed by atoms with Crippen molar-refractivity contribution in [2.24, 2.45) is 11.8 Å². The maximum atomic E-state index is 6.13. The molecule has 0 heterocycles. The van der Waals surface area contributed by atoms with Crippen molar-refractivity contribution in [3.05, 3.63) is 24.3 Å². The Morgan fingerprint density at radius 1 is 0.750 bits per heavy atom. The van der Waals surface area contributed by atoms with E-state index in [9.17, 15) is 0 Å². The van der Waals surface area contributed by atoms with Crippen LogP contribution in [0.25, 0.3) is 0 Å². The van der Waals surface area contributed by atoms with Crippen LogP contribution in [-0.2, 0) is 9.47 Å². The summed E-state index contributed by atoms with van der Waals surface area (Å²) in [4.78, 5) is 0. The van der Waals surface area contributed by atoms with Crippen molar-refractivity contribution in [2.75, 3.05) is 13.2 Å². The molecule has 2 saturated carbocycles. The average molecular weight is 326 g/mol. The summed E-state index contributed by atoms with van der Waals surface area (Å²) in [5.74, 6) is 6.85. The molecule has 2 fully saturated rings. The number of hydrogen-bond acceptors (Lipinski definition) is 2. The first-order chi connectivity index (χ1) is 11.8. The Hall–Kier alpha value is -1.48. The van der Waals surface area contributed by atoms with Crippen LogP contribution in [0.1, 0.15) is 51.4 Å². The fourth-order valence-electron chi connectivity index (χ4n) is 3.95. The highest BCUT2D eigenvalue weighted by atomic mass is 16.5. The van der Waals surface area contributed by atoms with Gasteiger partial charge < -0.3 is 9.47 Å². The average Bonchev–Trinajstić information content (AvgIpc) is 2.61. The third-order valence-corrected chi connectivity index (χ3v) is 5.17. The molecule has 2 aliphatic rings. The van der Waals surface area contributed by atoms with Crippen molar-refractivity contribution in [1.82, 2.24) is 0 Å². The van der Waals surface area contributed by atoms with Crippen molar-refractivity contribution in [3.63, 3.8) is 0 Å². The van der Waals surface area contributed by atoms with Crippen molar-refractivity contribution in [3.8, 4) is 24.7 Å². The lowest BCUT2D eigenvalue weighted by Crippen LogP contribution is -2.43. The molecule has 0 aromatic heterocycles. The Kier molecular flexibility index (Phi) is 8.75. The Labute approximate surface area is 147 Å². The second-order valence-corrected chi connectivity index (χ2v) is 6.78. The molecule has 0 aromatic rings. The summed E-state index contributed by atoms with van der Waals surface area (Å²) in [6, 6.07) is 0. The zero-order chi connectivity index (χ0) is 17.0. The molecule has 0 spiro atoms. The highest BCUT2D eigenvalue weighted by molar-refractivity contribution is 4.98. The summed E-state index contributed by atoms with van der Waals surface area (Å²) in [7, 11) is 0. The Morgan fingerprint density at radius 3 is 1.62 bits per heavy atom. The van der Waals surface area contributed by atoms with Gasteiger partial charge in [0.2, 0.25) is 0 Å². The van der Waals surface area contributed by atoms with Crippen LogP contribution in [0.2, 0.25) is 0 Å². The van der Waals surface area contributed by atoms with E-state index in [4.69, 9.17) is 22.3 Å². The van der Waals surface area contributed by atoms with Crippen molar-refractivity contribution < 1.29 is 9.47 Å². The summed E-state index contributed by atoms with van der Waals surface area (Å²) in [5.41, 5.74) is 0. The quantitative estimate of drug-likeness (QED) is 0.482. The lowest BCUT2D eigenvalue weighted by Gasteiger charge is -2.43. The van der Waals surface area contributed by atoms with Gasteiger partial charge in [0.15, 0.2) is 0 Å². The molecule has 2 rings (SSSR count). The van der Waals surface area contributed by atoms with Gasteiger partial charge in [-0.05, 0) is 24.7 Å². The third kappa shape index (κ3) is 6.20. The standard InChI is InChI=1S/C22H30O2/c1-3-5-7-11-15-23-21-17-19-13-9-10-14-20(19)18-22(21)24-16-12-8-6-4-2/h1-2,7-8,11-12,19-22H,5-6,9-10,13-18H2. The summed E-state index contributed by atoms with van der Waals surface area (Å²) < 4.78 is 12.3. The van der Waals surface area contributed by atoms with E-state index in [1.807, 2.05) is 24.3 Å². The molecule has 0 saturated heterocycles. The molecule has 0 aliphatic heterocycles. The number of hydrogen-bond donors (Lipinski definition) is 0. The fourth-order valence-corrected chi connectivity index (χ4v) is 3.95. The van der Waals surface area contributed by atoms with Crippen LogP contribution in [0, 0.1) is 36.5 Å². The van der Waals surface area contributed by atoms with Crippen LogP contribution in [-0.4, -0.2) is 25.4 Å². The molecule has 24 heavy (non-hydrogen) atoms. The Bertz CT molecular complexity index is 445. The number of ether oxygens (including phenoxy) is 2. The summed E-state index contributed by atoms with van der Waals surface area (Å²) in [6.45, 7) is 1.24. The predicted octanol–water partition coefficient (Wildman–Crippen LogP) is 4.52. The molecule has 2 heteroatoms. The van der Waals surface area contributed by atoms with Gasteiger partial charge in [-0.25, -0.2) is 0 Å². The van der Waals surface area contributed by atoms with E-state index in [-0.39, 0.29) is 12.2 Å². The number of rotatable bonds is 8. The van der Waals surface area contributed by atoms with E-state index in [1.54, 1.807) is 0 Å². The minimum absolute atomic E-state index is 0.195. The van der Waals surface area contributed by atoms with E-state index in [0.717, 1.165) is 24.7 Å². The lowest BCUT2D eigenvalue weighted by molar-refractivity contribution is -0.110. The molecule has 4 unspecified atom stereocenters. The highest BCUT2D eigenvalue weighted by Crippen LogP contribution is 2.42. The fraction of sp³-hybridized carbons (Fsp3) is 0.636. The minimum Gasteiger partial charge on any atom is -0.371 e. The maximum Gasteiger partial charge on any atom is 0.0843 e. The van der Waals surface area contributed by atoms with Gasteiger partial charge in [-0.15, -0.1) is 24.7 Å². The van der Waals surface area contributed by atoms with Gasteiger partial charge in [0, 0.05) is 12.8 Å². The van der Waals surface area contributed by atoms with E-state index >= 15 is 0 Å². The van der Waals surface area contributed by atoms with Crippen molar-refractivity contribution in [2.45, 2.75) is 63.6 Å². The van der Waals surface area contributed by atoms with Gasteiger partial charge in [0.05, 0.1) is 25.4 Å². The van der Waals surface area contributed by atoms with Crippen molar-refractivity contribution in [1.29, 1.82) is 0 Å². The lowest BCUT2D eigenvalue weighted by atomic mass is 9.69. The molecule has 4 atom stereocenters. The molecule has 2 aliphatic carbocycles. The smallest absolute Gasteiger partial charge is 0.0843 e. The van der Waals surface area contributed by atoms with Crippen LogP contribution < -0.4 is 0 Å². The summed E-state index contributed by atoms with van der Waals surface area (Å²) in [6.07, 6.45) is 28.0. The molecular formula is C22H30O2. The van der Waals surface area contributed by atoms with Crippen LogP contribution in [0.5, 0.6) is 0 Å². The van der Waals surface area contributed by atoms with Gasteiger partial charge >= 0.3 is 0 Å². The second-order valence-electron chi connectivity index (χ2n) is 6.78. The van der Waals surface area contributed by atoms with Crippen LogP contribution in [0.3, 0.4) is 0 Å². The Balaban J connectivity index is 1.86. The normalized spacial score (nSPS) is 30.1. The zero-order valence-electron chi connectivity index (χ0n) is 14.7. The first-order valence-corrected chi connectivity index (χ1v) is 9.25. The monoisotopic (exact) mass is 326 g/mol. The van der Waals surface area contributed by atoms with E-state index in [0.29, 0.717) is 26.1 Å². The molecule has 0 bridgehead atoms. The molecule has 0 N–H and O–H groups in total. The SMILES string of the molecule is C#CCC=CCOC1CC2CCCCC2CC1OCC=CCC#C. The van der Waals surface area contributed by atoms with Crippen molar-refractivity contribution >= 4 is 0 Å². The molecule has 130 valence electrons. The van der Waals surface area contributed by atoms with Gasteiger partial charge in [-0.2, -0.15) is 0 Å². The van der Waals surface area contributed by atoms with E-state index < -0.39 is 0 Å². The maximum absolute atomic E-state index is 6.13. The van der Waals surface area contributed by atoms with Gasteiger partial charge in [-0.3, -0.25) is 0 Å². The van der Waals surface area contributed by atoms with Gasteiger partial charge in [0.1, 0.15) is 0 Å². The molecule has 0 aromatic carbocycles. The van der Waals surface area contributed by atoms with E-state index in [2.05, 4.69) is 11.8 Å². The predicted molar refractivity (Wildman–Crippen MR) is 99.3 cm³/mol. The largest absolute Gasteiger partial charge is 0.371 e. The molecule has 2 nitrogen and oxygen atoms in total. The van der Waals surface area contributed by atoms with Crippen LogP contribution >= 0.6 is 0 Å². The summed E-state index contributed by atoms with van der Waals surface area (Å²) in [5, 5.41) is 0. The van der Waals surface area contributed by atoms with Crippen LogP contribution in [0.4, 0.5) is 0 Å².